The lowest BCUT2D eigenvalue weighted by Gasteiger charge is -2.15. The van der Waals surface area contributed by atoms with Crippen LogP contribution in [0, 0.1) is 0 Å². The predicted octanol–water partition coefficient (Wildman–Crippen LogP) is 4.67. The highest BCUT2D eigenvalue weighted by atomic mass is 16.2. The zero-order valence-corrected chi connectivity index (χ0v) is 27.5. The molecule has 0 atom stereocenters. The molecule has 0 aromatic heterocycles. The van der Waals surface area contributed by atoms with Gasteiger partial charge >= 0.3 is 18.1 Å². The number of anilines is 6. The fourth-order valence-corrected chi connectivity index (χ4v) is 5.63. The highest BCUT2D eigenvalue weighted by Gasteiger charge is 2.14. The highest BCUT2D eigenvalue weighted by molar-refractivity contribution is 6.06. The third-order valence-electron chi connectivity index (χ3n) is 7.98. The Labute approximate surface area is 293 Å². The standard InChI is InChI=1S/C36H36N12O3/c49-34(43-25-7-1-22(2-8-25)31-37-13-14-38-31)46-28-19-29(47-35(50)44-26-9-3-23(4-10-26)32-39-15-16-40-32)21-30(20-28)48-36(51)45-27-11-5-24(6-12-27)33-41-17-18-42-33/h1-12,19-21H,13-18H2,(H,37,38)(H,39,40)(H,41,42)(H2,43,46,49)(H2,44,47,50)(H2,45,48,51). The average Bonchev–Trinajstić information content (AvgIpc) is 3.94. The first-order valence-electron chi connectivity index (χ1n) is 16.5. The molecule has 6 amide bonds. The van der Waals surface area contributed by atoms with Crippen LogP contribution in [0.1, 0.15) is 16.7 Å². The van der Waals surface area contributed by atoms with Crippen LogP contribution in [0.25, 0.3) is 0 Å². The van der Waals surface area contributed by atoms with Crippen molar-refractivity contribution in [2.24, 2.45) is 15.0 Å². The Bertz CT molecular complexity index is 1780. The summed E-state index contributed by atoms with van der Waals surface area (Å²) in [5, 5.41) is 26.5. The minimum Gasteiger partial charge on any atom is -0.368 e. The van der Waals surface area contributed by atoms with Crippen LogP contribution in [0.15, 0.2) is 106 Å². The number of rotatable bonds is 9. The highest BCUT2D eigenvalue weighted by Crippen LogP contribution is 2.24. The average molecular weight is 685 g/mol. The van der Waals surface area contributed by atoms with Crippen molar-refractivity contribution < 1.29 is 14.4 Å². The quantitative estimate of drug-likeness (QED) is 0.123. The van der Waals surface area contributed by atoms with Gasteiger partial charge in [-0.1, -0.05) is 0 Å². The molecule has 15 heteroatoms. The van der Waals surface area contributed by atoms with Crippen LogP contribution in [0.5, 0.6) is 0 Å². The van der Waals surface area contributed by atoms with Gasteiger partial charge in [0, 0.05) is 70.4 Å². The van der Waals surface area contributed by atoms with E-state index >= 15 is 0 Å². The minimum atomic E-state index is -0.515. The number of hydrogen-bond donors (Lipinski definition) is 9. The fraction of sp³-hybridized carbons (Fsp3) is 0.167. The van der Waals surface area contributed by atoms with E-state index in [-0.39, 0.29) is 0 Å². The van der Waals surface area contributed by atoms with E-state index in [0.29, 0.717) is 34.1 Å². The molecule has 0 saturated heterocycles. The summed E-state index contributed by atoms with van der Waals surface area (Å²) in [5.74, 6) is 2.47. The van der Waals surface area contributed by atoms with Crippen molar-refractivity contribution in [3.8, 4) is 0 Å². The number of aliphatic imine (C=N–C) groups is 3. The lowest BCUT2D eigenvalue weighted by molar-refractivity contribution is 0.261. The topological polar surface area (TPSA) is 197 Å². The van der Waals surface area contributed by atoms with Gasteiger partial charge in [-0.2, -0.15) is 0 Å². The number of amides is 6. The molecule has 258 valence electrons. The van der Waals surface area contributed by atoms with Crippen LogP contribution in [-0.4, -0.2) is 74.9 Å². The maximum Gasteiger partial charge on any atom is 0.323 e. The first-order valence-corrected chi connectivity index (χ1v) is 16.5. The lowest BCUT2D eigenvalue weighted by Crippen LogP contribution is -2.23. The molecule has 0 saturated carbocycles. The third kappa shape index (κ3) is 8.58. The van der Waals surface area contributed by atoms with Crippen molar-refractivity contribution in [1.29, 1.82) is 0 Å². The van der Waals surface area contributed by atoms with Crippen molar-refractivity contribution in [3.63, 3.8) is 0 Å². The molecule has 4 aromatic carbocycles. The van der Waals surface area contributed by atoms with Gasteiger partial charge in [-0.05, 0) is 91.0 Å². The molecule has 3 aliphatic heterocycles. The Hall–Kier alpha value is -6.90. The van der Waals surface area contributed by atoms with E-state index in [4.69, 9.17) is 0 Å². The van der Waals surface area contributed by atoms with Crippen molar-refractivity contribution in [3.05, 3.63) is 108 Å². The number of nitrogens with one attached hydrogen (secondary N) is 9. The Balaban J connectivity index is 1.03. The maximum absolute atomic E-state index is 13.0. The first kappa shape index (κ1) is 32.6. The normalized spacial score (nSPS) is 14.5. The van der Waals surface area contributed by atoms with Crippen LogP contribution < -0.4 is 47.9 Å². The fourth-order valence-electron chi connectivity index (χ4n) is 5.63. The summed E-state index contributed by atoms with van der Waals surface area (Å²) in [6.45, 7) is 4.59. The Morgan fingerprint density at radius 2 is 0.647 bits per heavy atom. The predicted molar refractivity (Wildman–Crippen MR) is 202 cm³/mol. The maximum atomic E-state index is 13.0. The molecular weight excluding hydrogens is 648 g/mol. The largest absolute Gasteiger partial charge is 0.368 e. The van der Waals surface area contributed by atoms with Gasteiger partial charge in [0.15, 0.2) is 0 Å². The second kappa shape index (κ2) is 15.1. The van der Waals surface area contributed by atoms with Gasteiger partial charge in [0.05, 0.1) is 19.6 Å². The van der Waals surface area contributed by atoms with Crippen LogP contribution in [0.3, 0.4) is 0 Å². The van der Waals surface area contributed by atoms with E-state index in [1.807, 2.05) is 36.4 Å². The second-order valence-corrected chi connectivity index (χ2v) is 11.7. The smallest absolute Gasteiger partial charge is 0.323 e. The molecule has 51 heavy (non-hydrogen) atoms. The Morgan fingerprint density at radius 3 is 0.882 bits per heavy atom. The van der Waals surface area contributed by atoms with Gasteiger partial charge in [0.1, 0.15) is 17.5 Å². The van der Waals surface area contributed by atoms with Crippen LogP contribution in [0.2, 0.25) is 0 Å². The number of carbonyl (C=O) groups excluding carboxylic acids is 3. The molecule has 0 unspecified atom stereocenters. The van der Waals surface area contributed by atoms with E-state index in [2.05, 4.69) is 62.8 Å². The van der Waals surface area contributed by atoms with Crippen molar-refractivity contribution in [1.82, 2.24) is 16.0 Å². The molecule has 15 nitrogen and oxygen atoms in total. The molecule has 3 heterocycles. The Kier molecular flexibility index (Phi) is 9.67. The van der Waals surface area contributed by atoms with Gasteiger partial charge < -0.3 is 47.9 Å². The van der Waals surface area contributed by atoms with Crippen LogP contribution >= 0.6 is 0 Å². The van der Waals surface area contributed by atoms with Crippen LogP contribution in [-0.2, 0) is 0 Å². The number of nitrogens with zero attached hydrogens (tertiary/aromatic N) is 3. The number of carbonyl (C=O) groups is 3. The van der Waals surface area contributed by atoms with E-state index < -0.39 is 18.1 Å². The van der Waals surface area contributed by atoms with E-state index in [9.17, 15) is 14.4 Å². The summed E-state index contributed by atoms with van der Waals surface area (Å²) in [6, 6.07) is 25.1. The molecule has 3 aliphatic rings. The van der Waals surface area contributed by atoms with Gasteiger partial charge in [-0.3, -0.25) is 15.0 Å². The lowest BCUT2D eigenvalue weighted by atomic mass is 10.2. The molecular formula is C36H36N12O3. The molecule has 0 aliphatic carbocycles. The molecule has 0 bridgehead atoms. The van der Waals surface area contributed by atoms with Crippen LogP contribution in [0.4, 0.5) is 48.5 Å². The molecule has 0 spiro atoms. The molecule has 4 aromatic rings. The SMILES string of the molecule is O=C(Nc1ccc(C2=NCCN2)cc1)Nc1cc(NC(=O)Nc2ccc(C3=NCCN3)cc2)cc(NC(=O)Nc2ccc(C3=NCCN3)cc2)c1. The van der Waals surface area contributed by atoms with Crippen molar-refractivity contribution >= 4 is 69.7 Å². The summed E-state index contributed by atoms with van der Waals surface area (Å²) in [7, 11) is 0. The Morgan fingerprint density at radius 1 is 0.392 bits per heavy atom. The van der Waals surface area contributed by atoms with Gasteiger partial charge in [-0.25, -0.2) is 14.4 Å². The second-order valence-electron chi connectivity index (χ2n) is 11.7. The summed E-state index contributed by atoms with van der Waals surface area (Å²) >= 11 is 0. The molecule has 0 radical (unpaired) electrons. The monoisotopic (exact) mass is 684 g/mol. The number of urea groups is 3. The molecule has 0 fully saturated rings. The number of hydrogen-bond acceptors (Lipinski definition) is 9. The van der Waals surface area contributed by atoms with Crippen molar-refractivity contribution in [2.45, 2.75) is 0 Å². The molecule has 7 rings (SSSR count). The summed E-state index contributed by atoms with van der Waals surface area (Å²) < 4.78 is 0. The minimum absolute atomic E-state index is 0.324. The molecule has 9 N–H and O–H groups in total. The zero-order chi connectivity index (χ0) is 35.0. The first-order chi connectivity index (χ1) is 24.9. The zero-order valence-electron chi connectivity index (χ0n) is 27.5. The van der Waals surface area contributed by atoms with Gasteiger partial charge in [0.2, 0.25) is 0 Å². The summed E-state index contributed by atoms with van der Waals surface area (Å²) in [6.07, 6.45) is 0. The van der Waals surface area contributed by atoms with E-state index in [1.54, 1.807) is 54.6 Å². The number of amidine groups is 3. The third-order valence-corrected chi connectivity index (χ3v) is 7.98. The summed E-state index contributed by atoms with van der Waals surface area (Å²) in [5.41, 5.74) is 5.48. The van der Waals surface area contributed by atoms with Gasteiger partial charge in [0.25, 0.3) is 0 Å². The van der Waals surface area contributed by atoms with E-state index in [1.165, 1.54) is 0 Å². The van der Waals surface area contributed by atoms with E-state index in [0.717, 1.165) is 73.5 Å². The number of benzene rings is 4. The summed E-state index contributed by atoms with van der Waals surface area (Å²) in [4.78, 5) is 52.4. The van der Waals surface area contributed by atoms with Crippen molar-refractivity contribution in [2.75, 3.05) is 71.2 Å². The van der Waals surface area contributed by atoms with Gasteiger partial charge in [-0.15, -0.1) is 0 Å².